The quantitative estimate of drug-likeness (QED) is 0.410. The van der Waals surface area contributed by atoms with Crippen LogP contribution in [-0.2, 0) is 11.3 Å². The van der Waals surface area contributed by atoms with Gasteiger partial charge in [-0.1, -0.05) is 18.2 Å². The van der Waals surface area contributed by atoms with Crippen LogP contribution in [0.3, 0.4) is 0 Å². The second-order valence-electron chi connectivity index (χ2n) is 8.04. The Morgan fingerprint density at radius 1 is 1.21 bits per heavy atom. The number of hydrogen-bond acceptors (Lipinski definition) is 4. The summed E-state index contributed by atoms with van der Waals surface area (Å²) in [5.41, 5.74) is 3.16. The van der Waals surface area contributed by atoms with Crippen LogP contribution in [-0.4, -0.2) is 22.3 Å². The summed E-state index contributed by atoms with van der Waals surface area (Å²) in [6.07, 6.45) is 4.25. The van der Waals surface area contributed by atoms with E-state index in [4.69, 9.17) is 14.3 Å². The fourth-order valence-electron chi connectivity index (χ4n) is 4.06. The molecule has 1 fully saturated rings. The molecule has 2 aromatic heterocycles. The molecule has 1 aliphatic carbocycles. The second-order valence-corrected chi connectivity index (χ2v) is 8.04. The fraction of sp³-hybridized carbons (Fsp3) is 0.231. The summed E-state index contributed by atoms with van der Waals surface area (Å²) < 4.78 is 27.0. The van der Waals surface area contributed by atoms with Crippen LogP contribution in [0.5, 0.6) is 5.75 Å². The lowest BCUT2D eigenvalue weighted by Crippen LogP contribution is -2.24. The summed E-state index contributed by atoms with van der Waals surface area (Å²) in [5.74, 6) is 0.337. The Kier molecular flexibility index (Phi) is 5.69. The Hall–Kier alpha value is -3.87. The van der Waals surface area contributed by atoms with Gasteiger partial charge in [-0.3, -0.25) is 4.79 Å². The van der Waals surface area contributed by atoms with Gasteiger partial charge in [0.15, 0.2) is 11.6 Å². The molecule has 33 heavy (non-hydrogen) atoms. The summed E-state index contributed by atoms with van der Waals surface area (Å²) in [7, 11) is 0. The minimum atomic E-state index is -0.432. The summed E-state index contributed by atoms with van der Waals surface area (Å²) in [6, 6.07) is 18.2. The number of carbonyl (C=O) groups is 1. The highest BCUT2D eigenvalue weighted by Gasteiger charge is 2.46. The number of furan rings is 1. The van der Waals surface area contributed by atoms with Crippen LogP contribution < -0.4 is 10.1 Å². The van der Waals surface area contributed by atoms with Crippen molar-refractivity contribution in [2.45, 2.75) is 25.8 Å². The summed E-state index contributed by atoms with van der Waals surface area (Å²) >= 11 is 0. The van der Waals surface area contributed by atoms with Gasteiger partial charge < -0.3 is 14.5 Å². The van der Waals surface area contributed by atoms with Crippen LogP contribution in [0.25, 0.3) is 16.9 Å². The maximum absolute atomic E-state index is 14.6. The molecule has 1 amide bonds. The first-order chi connectivity index (χ1) is 16.1. The summed E-state index contributed by atoms with van der Waals surface area (Å²) in [4.78, 5) is 12.7. The van der Waals surface area contributed by atoms with E-state index in [0.29, 0.717) is 30.2 Å². The molecule has 2 atom stereocenters. The lowest BCUT2D eigenvalue weighted by Gasteiger charge is -2.07. The first kappa shape index (κ1) is 21.0. The number of rotatable bonds is 8. The van der Waals surface area contributed by atoms with Gasteiger partial charge in [-0.2, -0.15) is 5.10 Å². The molecule has 5 rings (SSSR count). The van der Waals surface area contributed by atoms with E-state index in [1.165, 1.54) is 6.07 Å². The van der Waals surface area contributed by atoms with Crippen LogP contribution in [0, 0.1) is 11.7 Å². The van der Waals surface area contributed by atoms with Crippen molar-refractivity contribution in [2.75, 3.05) is 6.61 Å². The van der Waals surface area contributed by atoms with Crippen LogP contribution in [0.4, 0.5) is 4.39 Å². The molecule has 0 saturated heterocycles. The maximum atomic E-state index is 14.6. The van der Waals surface area contributed by atoms with Crippen molar-refractivity contribution >= 4 is 5.91 Å². The average Bonchev–Trinajstić information content (AvgIpc) is 3.24. The number of nitrogens with one attached hydrogen (secondary N) is 1. The van der Waals surface area contributed by atoms with Gasteiger partial charge in [0, 0.05) is 23.2 Å². The Bertz CT molecular complexity index is 1250. The Morgan fingerprint density at radius 3 is 2.79 bits per heavy atom. The normalized spacial score (nSPS) is 17.0. The molecule has 0 bridgehead atoms. The zero-order valence-corrected chi connectivity index (χ0v) is 18.2. The number of amides is 1. The molecule has 4 aromatic rings. The van der Waals surface area contributed by atoms with E-state index in [2.05, 4.69) is 5.32 Å². The standard InChI is InChI=1S/C26H24FN3O3/c1-2-32-24-11-10-17(13-23(24)27)25-22(16-30(29-25)18-7-4-3-5-8-18)20-14-21(20)26(31)28-15-19-9-6-12-33-19/h3-13,16,20-21H,2,14-15H2,1H3,(H,28,31). The topological polar surface area (TPSA) is 69.3 Å². The number of hydrogen-bond donors (Lipinski definition) is 1. The predicted molar refractivity (Wildman–Crippen MR) is 122 cm³/mol. The van der Waals surface area contributed by atoms with E-state index in [0.717, 1.165) is 17.7 Å². The van der Waals surface area contributed by atoms with Crippen molar-refractivity contribution in [1.82, 2.24) is 15.1 Å². The van der Waals surface area contributed by atoms with Crippen molar-refractivity contribution < 1.29 is 18.3 Å². The fourth-order valence-corrected chi connectivity index (χ4v) is 4.06. The number of para-hydroxylation sites is 1. The zero-order chi connectivity index (χ0) is 22.8. The molecule has 0 aliphatic heterocycles. The molecule has 0 spiro atoms. The SMILES string of the molecule is CCOc1ccc(-c2nn(-c3ccccc3)cc2C2CC2C(=O)NCc2ccco2)cc1F. The molecule has 168 valence electrons. The number of nitrogens with zero attached hydrogens (tertiary/aromatic N) is 2. The lowest BCUT2D eigenvalue weighted by molar-refractivity contribution is -0.122. The van der Waals surface area contributed by atoms with Gasteiger partial charge in [-0.15, -0.1) is 0 Å². The molecule has 2 heterocycles. The maximum Gasteiger partial charge on any atom is 0.224 e. The van der Waals surface area contributed by atoms with Gasteiger partial charge in [-0.25, -0.2) is 9.07 Å². The molecule has 1 aliphatic rings. The molecular weight excluding hydrogens is 421 g/mol. The van der Waals surface area contributed by atoms with Gasteiger partial charge in [0.25, 0.3) is 0 Å². The molecular formula is C26H24FN3O3. The Morgan fingerprint density at radius 2 is 2.06 bits per heavy atom. The predicted octanol–water partition coefficient (Wildman–Crippen LogP) is 5.09. The Labute approximate surface area is 191 Å². The van der Waals surface area contributed by atoms with Crippen molar-refractivity contribution in [1.29, 1.82) is 0 Å². The minimum Gasteiger partial charge on any atom is -0.491 e. The van der Waals surface area contributed by atoms with E-state index in [1.807, 2.05) is 55.6 Å². The monoisotopic (exact) mass is 445 g/mol. The van der Waals surface area contributed by atoms with Crippen molar-refractivity contribution in [2.24, 2.45) is 5.92 Å². The van der Waals surface area contributed by atoms with E-state index in [9.17, 15) is 9.18 Å². The molecule has 7 heteroatoms. The molecule has 0 radical (unpaired) electrons. The molecule has 1 saturated carbocycles. The van der Waals surface area contributed by atoms with E-state index in [-0.39, 0.29) is 23.5 Å². The summed E-state index contributed by atoms with van der Waals surface area (Å²) in [5, 5.41) is 7.71. The number of aromatic nitrogens is 2. The number of halogens is 1. The van der Waals surface area contributed by atoms with Gasteiger partial charge in [-0.05, 0) is 61.7 Å². The van der Waals surface area contributed by atoms with Gasteiger partial charge in [0.2, 0.25) is 5.91 Å². The van der Waals surface area contributed by atoms with Crippen LogP contribution in [0.15, 0.2) is 77.5 Å². The summed E-state index contributed by atoms with van der Waals surface area (Å²) in [6.45, 7) is 2.56. The molecule has 1 N–H and O–H groups in total. The third kappa shape index (κ3) is 4.39. The lowest BCUT2D eigenvalue weighted by atomic mass is 10.0. The second kappa shape index (κ2) is 8.94. The van der Waals surface area contributed by atoms with Crippen molar-refractivity contribution in [3.05, 3.63) is 90.3 Å². The highest BCUT2D eigenvalue weighted by molar-refractivity contribution is 5.83. The zero-order valence-electron chi connectivity index (χ0n) is 18.2. The third-order valence-corrected chi connectivity index (χ3v) is 5.81. The van der Waals surface area contributed by atoms with Crippen LogP contribution in [0.2, 0.25) is 0 Å². The number of ether oxygens (including phenoxy) is 1. The van der Waals surface area contributed by atoms with Crippen LogP contribution >= 0.6 is 0 Å². The first-order valence-corrected chi connectivity index (χ1v) is 11.0. The van der Waals surface area contributed by atoms with E-state index < -0.39 is 5.82 Å². The van der Waals surface area contributed by atoms with Gasteiger partial charge in [0.1, 0.15) is 5.76 Å². The van der Waals surface area contributed by atoms with Gasteiger partial charge in [0.05, 0.1) is 30.8 Å². The largest absolute Gasteiger partial charge is 0.491 e. The van der Waals surface area contributed by atoms with Crippen molar-refractivity contribution in [3.8, 4) is 22.7 Å². The Balaban J connectivity index is 1.43. The van der Waals surface area contributed by atoms with E-state index >= 15 is 0 Å². The highest BCUT2D eigenvalue weighted by Crippen LogP contribution is 2.50. The highest BCUT2D eigenvalue weighted by atomic mass is 19.1. The number of benzene rings is 2. The molecule has 2 unspecified atom stereocenters. The van der Waals surface area contributed by atoms with Crippen molar-refractivity contribution in [3.63, 3.8) is 0 Å². The first-order valence-electron chi connectivity index (χ1n) is 11.0. The number of carbonyl (C=O) groups excluding carboxylic acids is 1. The average molecular weight is 445 g/mol. The third-order valence-electron chi connectivity index (χ3n) is 5.81. The van der Waals surface area contributed by atoms with E-state index in [1.54, 1.807) is 23.1 Å². The minimum absolute atomic E-state index is 0.0173. The molecule has 2 aromatic carbocycles. The molecule has 6 nitrogen and oxygen atoms in total. The smallest absolute Gasteiger partial charge is 0.224 e. The van der Waals surface area contributed by atoms with Crippen LogP contribution in [0.1, 0.15) is 30.6 Å². The van der Waals surface area contributed by atoms with Gasteiger partial charge >= 0.3 is 0 Å².